The summed E-state index contributed by atoms with van der Waals surface area (Å²) in [6.07, 6.45) is 5.04. The highest BCUT2D eigenvalue weighted by Gasteiger charge is 2.11. The molecule has 104 valence electrons. The van der Waals surface area contributed by atoms with E-state index in [1.807, 2.05) is 18.5 Å². The van der Waals surface area contributed by atoms with Crippen LogP contribution in [-0.2, 0) is 0 Å². The van der Waals surface area contributed by atoms with Gasteiger partial charge in [0, 0.05) is 28.9 Å². The van der Waals surface area contributed by atoms with E-state index in [1.165, 1.54) is 9.58 Å². The number of thiophene rings is 1. The topological polar surface area (TPSA) is 37.8 Å². The number of hydrogen-bond donors (Lipinski definition) is 1. The average Bonchev–Trinajstić information content (AvgIpc) is 3.12. The van der Waals surface area contributed by atoms with Crippen molar-refractivity contribution in [2.45, 2.75) is 26.3 Å². The van der Waals surface area contributed by atoms with Gasteiger partial charge in [-0.05, 0) is 37.4 Å². The first-order valence-corrected chi connectivity index (χ1v) is 8.50. The van der Waals surface area contributed by atoms with Crippen molar-refractivity contribution in [2.75, 3.05) is 6.54 Å². The summed E-state index contributed by atoms with van der Waals surface area (Å²) in [4.78, 5) is 10.3. The highest BCUT2D eigenvalue weighted by atomic mass is 32.1. The van der Waals surface area contributed by atoms with Crippen molar-refractivity contribution in [3.63, 3.8) is 0 Å². The van der Waals surface area contributed by atoms with Crippen molar-refractivity contribution in [2.24, 2.45) is 0 Å². The standard InChI is InChI=1S/C15H17N3S2/c1-3-5-16-10(2)14-9-18-15(20-14)11-7-13-12(17-8-11)4-6-19-13/h4,6-10,16H,3,5H2,1-2H3. The molecule has 1 atom stereocenters. The van der Waals surface area contributed by atoms with Crippen molar-refractivity contribution < 1.29 is 0 Å². The van der Waals surface area contributed by atoms with E-state index in [9.17, 15) is 0 Å². The van der Waals surface area contributed by atoms with Crippen molar-refractivity contribution >= 4 is 32.9 Å². The molecule has 0 aliphatic carbocycles. The van der Waals surface area contributed by atoms with E-state index in [1.54, 1.807) is 22.7 Å². The normalized spacial score (nSPS) is 12.9. The van der Waals surface area contributed by atoms with Crippen LogP contribution in [0.1, 0.15) is 31.2 Å². The van der Waals surface area contributed by atoms with Gasteiger partial charge in [0.15, 0.2) is 0 Å². The fraction of sp³-hybridized carbons (Fsp3) is 0.333. The number of hydrogen-bond acceptors (Lipinski definition) is 5. The van der Waals surface area contributed by atoms with Gasteiger partial charge in [0.1, 0.15) is 5.01 Å². The van der Waals surface area contributed by atoms with E-state index in [2.05, 4.69) is 40.6 Å². The van der Waals surface area contributed by atoms with Crippen LogP contribution in [0, 0.1) is 0 Å². The zero-order valence-electron chi connectivity index (χ0n) is 11.6. The van der Waals surface area contributed by atoms with Gasteiger partial charge in [0.2, 0.25) is 0 Å². The van der Waals surface area contributed by atoms with E-state index >= 15 is 0 Å². The Kier molecular flexibility index (Phi) is 4.10. The third-order valence-corrected chi connectivity index (χ3v) is 5.28. The highest BCUT2D eigenvalue weighted by molar-refractivity contribution is 7.17. The maximum absolute atomic E-state index is 4.55. The minimum Gasteiger partial charge on any atom is -0.309 e. The van der Waals surface area contributed by atoms with Crippen molar-refractivity contribution in [1.29, 1.82) is 0 Å². The molecule has 1 unspecified atom stereocenters. The molecule has 3 rings (SSSR count). The highest BCUT2D eigenvalue weighted by Crippen LogP contribution is 2.31. The van der Waals surface area contributed by atoms with Crippen molar-refractivity contribution in [3.8, 4) is 10.6 Å². The molecule has 0 bridgehead atoms. The Labute approximate surface area is 126 Å². The lowest BCUT2D eigenvalue weighted by molar-refractivity contribution is 0.577. The van der Waals surface area contributed by atoms with Crippen LogP contribution >= 0.6 is 22.7 Å². The Hall–Kier alpha value is -1.30. The molecule has 20 heavy (non-hydrogen) atoms. The Morgan fingerprint density at radius 1 is 1.30 bits per heavy atom. The minimum atomic E-state index is 0.361. The first-order valence-electron chi connectivity index (χ1n) is 6.80. The molecule has 0 spiro atoms. The summed E-state index contributed by atoms with van der Waals surface area (Å²) in [5.41, 5.74) is 2.17. The second-order valence-electron chi connectivity index (χ2n) is 4.77. The van der Waals surface area contributed by atoms with Gasteiger partial charge >= 0.3 is 0 Å². The van der Waals surface area contributed by atoms with Gasteiger partial charge in [0.25, 0.3) is 0 Å². The molecule has 0 saturated heterocycles. The molecule has 5 heteroatoms. The van der Waals surface area contributed by atoms with Crippen LogP contribution in [-0.4, -0.2) is 16.5 Å². The molecule has 3 aromatic heterocycles. The van der Waals surface area contributed by atoms with Gasteiger partial charge in [-0.1, -0.05) is 6.92 Å². The fourth-order valence-electron chi connectivity index (χ4n) is 2.05. The van der Waals surface area contributed by atoms with Crippen molar-refractivity contribution in [1.82, 2.24) is 15.3 Å². The predicted molar refractivity (Wildman–Crippen MR) is 87.4 cm³/mol. The molecule has 3 heterocycles. The minimum absolute atomic E-state index is 0.361. The Morgan fingerprint density at radius 3 is 3.05 bits per heavy atom. The van der Waals surface area contributed by atoms with Crippen LogP contribution < -0.4 is 5.32 Å². The van der Waals surface area contributed by atoms with Gasteiger partial charge in [-0.25, -0.2) is 4.98 Å². The third-order valence-electron chi connectivity index (χ3n) is 3.20. The second kappa shape index (κ2) is 5.99. The van der Waals surface area contributed by atoms with E-state index in [0.29, 0.717) is 6.04 Å². The molecule has 0 amide bonds. The van der Waals surface area contributed by atoms with Crippen LogP contribution in [0.5, 0.6) is 0 Å². The lowest BCUT2D eigenvalue weighted by Gasteiger charge is -2.09. The first-order chi connectivity index (χ1) is 9.78. The monoisotopic (exact) mass is 303 g/mol. The molecule has 0 radical (unpaired) electrons. The lowest BCUT2D eigenvalue weighted by Crippen LogP contribution is -2.18. The Morgan fingerprint density at radius 2 is 2.20 bits per heavy atom. The fourth-order valence-corrected chi connectivity index (χ4v) is 3.75. The van der Waals surface area contributed by atoms with E-state index in [-0.39, 0.29) is 0 Å². The molecule has 0 aliphatic rings. The van der Waals surface area contributed by atoms with Gasteiger partial charge in [-0.15, -0.1) is 22.7 Å². The van der Waals surface area contributed by atoms with E-state index < -0.39 is 0 Å². The summed E-state index contributed by atoms with van der Waals surface area (Å²) < 4.78 is 1.22. The molecule has 3 aromatic rings. The average molecular weight is 303 g/mol. The maximum atomic E-state index is 4.55. The smallest absolute Gasteiger partial charge is 0.125 e. The zero-order chi connectivity index (χ0) is 13.9. The molecule has 0 aliphatic heterocycles. The summed E-state index contributed by atoms with van der Waals surface area (Å²) >= 11 is 3.47. The van der Waals surface area contributed by atoms with Crippen LogP contribution in [0.2, 0.25) is 0 Å². The van der Waals surface area contributed by atoms with E-state index in [0.717, 1.165) is 29.1 Å². The maximum Gasteiger partial charge on any atom is 0.125 e. The van der Waals surface area contributed by atoms with Crippen LogP contribution in [0.25, 0.3) is 20.8 Å². The molecule has 0 aromatic carbocycles. The molecule has 0 saturated carbocycles. The van der Waals surface area contributed by atoms with Gasteiger partial charge in [-0.3, -0.25) is 4.98 Å². The SMILES string of the molecule is CCCNC(C)c1cnc(-c2cnc3ccsc3c2)s1. The number of rotatable bonds is 5. The van der Waals surface area contributed by atoms with E-state index in [4.69, 9.17) is 0 Å². The number of aromatic nitrogens is 2. The number of nitrogens with zero attached hydrogens (tertiary/aromatic N) is 2. The Bertz CT molecular complexity index is 702. The molecule has 1 N–H and O–H groups in total. The number of thiazole rings is 1. The quantitative estimate of drug-likeness (QED) is 0.755. The Balaban J connectivity index is 1.85. The summed E-state index contributed by atoms with van der Waals surface area (Å²) in [7, 11) is 0. The molecular formula is C15H17N3S2. The number of nitrogens with one attached hydrogen (secondary N) is 1. The summed E-state index contributed by atoms with van der Waals surface area (Å²) in [5.74, 6) is 0. The number of pyridine rings is 1. The second-order valence-corrected chi connectivity index (χ2v) is 6.78. The van der Waals surface area contributed by atoms with Crippen LogP contribution in [0.3, 0.4) is 0 Å². The zero-order valence-corrected chi connectivity index (χ0v) is 13.2. The van der Waals surface area contributed by atoms with Gasteiger partial charge in [-0.2, -0.15) is 0 Å². The van der Waals surface area contributed by atoms with Crippen LogP contribution in [0.15, 0.2) is 29.9 Å². The number of fused-ring (bicyclic) bond motifs is 1. The van der Waals surface area contributed by atoms with Gasteiger partial charge < -0.3 is 5.32 Å². The largest absolute Gasteiger partial charge is 0.309 e. The summed E-state index contributed by atoms with van der Waals surface area (Å²) in [6, 6.07) is 4.59. The van der Waals surface area contributed by atoms with Crippen molar-refractivity contribution in [3.05, 3.63) is 34.8 Å². The molecule has 0 fully saturated rings. The van der Waals surface area contributed by atoms with Gasteiger partial charge in [0.05, 0.1) is 10.2 Å². The lowest BCUT2D eigenvalue weighted by atomic mass is 10.3. The van der Waals surface area contributed by atoms with Crippen LogP contribution in [0.4, 0.5) is 0 Å². The third kappa shape index (κ3) is 2.75. The molecular weight excluding hydrogens is 286 g/mol. The summed E-state index contributed by atoms with van der Waals surface area (Å²) in [5, 5.41) is 6.62. The first kappa shape index (κ1) is 13.7. The predicted octanol–water partition coefficient (Wildman–Crippen LogP) is 4.48. The summed E-state index contributed by atoms with van der Waals surface area (Å²) in [6.45, 7) is 5.41. The molecule has 3 nitrogen and oxygen atoms in total.